The average Bonchev–Trinajstić information content (AvgIpc) is 2.18. The molecule has 0 spiro atoms. The summed E-state index contributed by atoms with van der Waals surface area (Å²) in [5.41, 5.74) is 0.813. The number of benzene rings is 1. The standard InChI is InChI=1S/C13H17BrClNO2/c1-13(2,3)16(8-12(17)18)7-9-4-5-10(15)6-11(9)14/h4-6H,7-8H2,1-3H3,(H,17,18). The van der Waals surface area contributed by atoms with Crippen LogP contribution in [0.2, 0.25) is 5.02 Å². The Morgan fingerprint density at radius 2 is 2.06 bits per heavy atom. The Bertz CT molecular complexity index is 443. The van der Waals surface area contributed by atoms with Gasteiger partial charge in [0.2, 0.25) is 0 Å². The summed E-state index contributed by atoms with van der Waals surface area (Å²) in [5, 5.41) is 9.62. The molecule has 18 heavy (non-hydrogen) atoms. The van der Waals surface area contributed by atoms with Gasteiger partial charge in [-0.2, -0.15) is 0 Å². The Labute approximate surface area is 121 Å². The van der Waals surface area contributed by atoms with Crippen LogP contribution in [0.25, 0.3) is 0 Å². The molecule has 0 aliphatic carbocycles. The normalized spacial score (nSPS) is 11.9. The van der Waals surface area contributed by atoms with Crippen LogP contribution in [-0.4, -0.2) is 28.1 Å². The van der Waals surface area contributed by atoms with E-state index in [1.165, 1.54) is 0 Å². The molecule has 0 saturated carbocycles. The number of aliphatic carboxylic acids is 1. The van der Waals surface area contributed by atoms with Gasteiger partial charge in [-0.05, 0) is 38.5 Å². The van der Waals surface area contributed by atoms with Gasteiger partial charge >= 0.3 is 5.97 Å². The first kappa shape index (κ1) is 15.5. The van der Waals surface area contributed by atoms with E-state index in [0.717, 1.165) is 10.0 Å². The van der Waals surface area contributed by atoms with E-state index < -0.39 is 5.97 Å². The third-order valence-corrected chi connectivity index (χ3v) is 3.62. The van der Waals surface area contributed by atoms with Gasteiger partial charge in [0.1, 0.15) is 0 Å². The molecule has 0 heterocycles. The maximum absolute atomic E-state index is 10.9. The fourth-order valence-corrected chi connectivity index (χ4v) is 2.36. The van der Waals surface area contributed by atoms with Crippen molar-refractivity contribution in [2.24, 2.45) is 0 Å². The minimum absolute atomic E-state index is 0.0125. The van der Waals surface area contributed by atoms with Crippen LogP contribution >= 0.6 is 27.5 Å². The maximum atomic E-state index is 10.9. The number of carbonyl (C=O) groups is 1. The van der Waals surface area contributed by atoms with Gasteiger partial charge in [-0.1, -0.05) is 33.6 Å². The van der Waals surface area contributed by atoms with E-state index in [4.69, 9.17) is 16.7 Å². The molecule has 0 aromatic heterocycles. The summed E-state index contributed by atoms with van der Waals surface area (Å²) in [4.78, 5) is 12.8. The highest BCUT2D eigenvalue weighted by atomic mass is 79.9. The molecule has 0 unspecified atom stereocenters. The van der Waals surface area contributed by atoms with Crippen LogP contribution in [0.1, 0.15) is 26.3 Å². The van der Waals surface area contributed by atoms with E-state index in [1.807, 2.05) is 43.9 Å². The SMILES string of the molecule is CC(C)(C)N(CC(=O)O)Cc1ccc(Cl)cc1Br. The summed E-state index contributed by atoms with van der Waals surface area (Å²) in [7, 11) is 0. The Morgan fingerprint density at radius 3 is 2.50 bits per heavy atom. The molecule has 1 aromatic carbocycles. The molecule has 0 aliphatic heterocycles. The molecule has 3 nitrogen and oxygen atoms in total. The van der Waals surface area contributed by atoms with Crippen molar-refractivity contribution in [2.75, 3.05) is 6.54 Å². The van der Waals surface area contributed by atoms with E-state index in [1.54, 1.807) is 0 Å². The lowest BCUT2D eigenvalue weighted by atomic mass is 10.0. The molecular weight excluding hydrogens is 318 g/mol. The number of halogens is 2. The number of carboxylic acid groups (broad SMARTS) is 1. The minimum atomic E-state index is -0.824. The Morgan fingerprint density at radius 1 is 1.44 bits per heavy atom. The number of rotatable bonds is 4. The molecule has 1 rings (SSSR count). The highest BCUT2D eigenvalue weighted by Gasteiger charge is 2.24. The van der Waals surface area contributed by atoms with E-state index in [2.05, 4.69) is 15.9 Å². The highest BCUT2D eigenvalue weighted by molar-refractivity contribution is 9.10. The summed E-state index contributed by atoms with van der Waals surface area (Å²) in [6.45, 7) is 6.57. The quantitative estimate of drug-likeness (QED) is 0.911. The molecule has 1 aromatic rings. The van der Waals surface area contributed by atoms with Crippen molar-refractivity contribution < 1.29 is 9.90 Å². The molecule has 0 aliphatic rings. The van der Waals surface area contributed by atoms with Crippen molar-refractivity contribution in [3.63, 3.8) is 0 Å². The van der Waals surface area contributed by atoms with Crippen molar-refractivity contribution >= 4 is 33.5 Å². The highest BCUT2D eigenvalue weighted by Crippen LogP contribution is 2.25. The molecule has 0 saturated heterocycles. The van der Waals surface area contributed by atoms with Gasteiger partial charge in [0, 0.05) is 21.6 Å². The number of carboxylic acids is 1. The van der Waals surface area contributed by atoms with Crippen molar-refractivity contribution in [1.82, 2.24) is 4.90 Å². The van der Waals surface area contributed by atoms with Gasteiger partial charge in [0.25, 0.3) is 0 Å². The summed E-state index contributed by atoms with van der Waals surface area (Å²) in [6, 6.07) is 5.54. The molecule has 1 N–H and O–H groups in total. The van der Waals surface area contributed by atoms with Crippen LogP contribution in [0.15, 0.2) is 22.7 Å². The van der Waals surface area contributed by atoms with Crippen LogP contribution in [0.3, 0.4) is 0 Å². The summed E-state index contributed by atoms with van der Waals surface area (Å²) >= 11 is 9.34. The molecule has 0 bridgehead atoms. The Balaban J connectivity index is 2.92. The van der Waals surface area contributed by atoms with E-state index >= 15 is 0 Å². The van der Waals surface area contributed by atoms with Crippen LogP contribution in [0.4, 0.5) is 0 Å². The lowest BCUT2D eigenvalue weighted by Crippen LogP contribution is -2.43. The van der Waals surface area contributed by atoms with E-state index in [0.29, 0.717) is 11.6 Å². The second-order valence-electron chi connectivity index (χ2n) is 5.16. The summed E-state index contributed by atoms with van der Waals surface area (Å²) in [6.07, 6.45) is 0. The Kier molecular flexibility index (Phi) is 5.20. The molecular formula is C13H17BrClNO2. The molecule has 0 fully saturated rings. The van der Waals surface area contributed by atoms with Crippen molar-refractivity contribution in [3.05, 3.63) is 33.3 Å². The van der Waals surface area contributed by atoms with Crippen molar-refractivity contribution in [1.29, 1.82) is 0 Å². The third-order valence-electron chi connectivity index (χ3n) is 2.65. The molecule has 0 radical (unpaired) electrons. The second kappa shape index (κ2) is 6.04. The lowest BCUT2D eigenvalue weighted by molar-refractivity contribution is -0.139. The van der Waals surface area contributed by atoms with Gasteiger partial charge in [-0.3, -0.25) is 9.69 Å². The molecule has 0 amide bonds. The first-order chi connectivity index (χ1) is 8.20. The Hall–Kier alpha value is -0.580. The largest absolute Gasteiger partial charge is 0.480 e. The zero-order valence-corrected chi connectivity index (χ0v) is 13.0. The first-order valence-electron chi connectivity index (χ1n) is 5.61. The number of nitrogens with zero attached hydrogens (tertiary/aromatic N) is 1. The monoisotopic (exact) mass is 333 g/mol. The predicted molar refractivity (Wildman–Crippen MR) is 77.0 cm³/mol. The van der Waals surface area contributed by atoms with Crippen LogP contribution < -0.4 is 0 Å². The van der Waals surface area contributed by atoms with Crippen LogP contribution in [-0.2, 0) is 11.3 Å². The maximum Gasteiger partial charge on any atom is 0.317 e. The summed E-state index contributed by atoms with van der Waals surface area (Å²) in [5.74, 6) is -0.824. The topological polar surface area (TPSA) is 40.5 Å². The second-order valence-corrected chi connectivity index (χ2v) is 6.45. The van der Waals surface area contributed by atoms with Crippen LogP contribution in [0, 0.1) is 0 Å². The van der Waals surface area contributed by atoms with Crippen molar-refractivity contribution in [3.8, 4) is 0 Å². The number of hydrogen-bond donors (Lipinski definition) is 1. The molecule has 0 atom stereocenters. The van der Waals surface area contributed by atoms with E-state index in [9.17, 15) is 4.79 Å². The van der Waals surface area contributed by atoms with E-state index in [-0.39, 0.29) is 12.1 Å². The smallest absolute Gasteiger partial charge is 0.317 e. The summed E-state index contributed by atoms with van der Waals surface area (Å²) < 4.78 is 0.898. The fourth-order valence-electron chi connectivity index (χ4n) is 1.55. The van der Waals surface area contributed by atoms with Crippen LogP contribution in [0.5, 0.6) is 0 Å². The average molecular weight is 335 g/mol. The zero-order chi connectivity index (χ0) is 13.9. The van der Waals surface area contributed by atoms with Gasteiger partial charge in [-0.25, -0.2) is 0 Å². The lowest BCUT2D eigenvalue weighted by Gasteiger charge is -2.34. The van der Waals surface area contributed by atoms with Gasteiger partial charge in [0.05, 0.1) is 6.54 Å². The molecule has 100 valence electrons. The zero-order valence-electron chi connectivity index (χ0n) is 10.7. The third kappa shape index (κ3) is 4.59. The van der Waals surface area contributed by atoms with Gasteiger partial charge < -0.3 is 5.11 Å². The van der Waals surface area contributed by atoms with Crippen molar-refractivity contribution in [2.45, 2.75) is 32.9 Å². The predicted octanol–water partition coefficient (Wildman–Crippen LogP) is 3.79. The van der Waals surface area contributed by atoms with Gasteiger partial charge in [-0.15, -0.1) is 0 Å². The molecule has 5 heteroatoms. The first-order valence-corrected chi connectivity index (χ1v) is 6.78. The fraction of sp³-hybridized carbons (Fsp3) is 0.462. The number of hydrogen-bond acceptors (Lipinski definition) is 2. The minimum Gasteiger partial charge on any atom is -0.480 e. The van der Waals surface area contributed by atoms with Gasteiger partial charge in [0.15, 0.2) is 0 Å².